The molecule has 0 aliphatic carbocycles. The van der Waals surface area contributed by atoms with E-state index in [0.29, 0.717) is 25.9 Å². The summed E-state index contributed by atoms with van der Waals surface area (Å²) in [7, 11) is 0. The Morgan fingerprint density at radius 3 is 2.73 bits per heavy atom. The number of imide groups is 1. The molecule has 0 bridgehead atoms. The van der Waals surface area contributed by atoms with E-state index < -0.39 is 6.04 Å². The molecule has 0 aromatic carbocycles. The number of carbonyl (C=O) groups is 3. The van der Waals surface area contributed by atoms with Gasteiger partial charge in [0.25, 0.3) is 0 Å². The first-order valence-electron chi connectivity index (χ1n) is 5.02. The van der Waals surface area contributed by atoms with Gasteiger partial charge < -0.3 is 10.2 Å². The number of hydrogen-bond donors (Lipinski definition) is 2. The fourth-order valence-electron chi connectivity index (χ4n) is 1.93. The van der Waals surface area contributed by atoms with E-state index in [-0.39, 0.29) is 24.3 Å². The molecule has 2 aliphatic heterocycles. The third kappa shape index (κ3) is 1.99. The van der Waals surface area contributed by atoms with Crippen LogP contribution >= 0.6 is 0 Å². The van der Waals surface area contributed by atoms with Crippen LogP contribution in [-0.4, -0.2) is 48.3 Å². The number of piperidine rings is 1. The summed E-state index contributed by atoms with van der Waals surface area (Å²) in [5.74, 6) is -0.670. The van der Waals surface area contributed by atoms with Crippen LogP contribution in [0.25, 0.3) is 0 Å². The quantitative estimate of drug-likeness (QED) is 0.503. The Bertz CT molecular complexity index is 316. The van der Waals surface area contributed by atoms with Gasteiger partial charge in [0.05, 0.1) is 6.54 Å². The van der Waals surface area contributed by atoms with Gasteiger partial charge in [0, 0.05) is 19.5 Å². The highest BCUT2D eigenvalue weighted by Gasteiger charge is 2.34. The lowest BCUT2D eigenvalue weighted by Crippen LogP contribution is -2.59. The molecule has 0 spiro atoms. The highest BCUT2D eigenvalue weighted by atomic mass is 16.2. The van der Waals surface area contributed by atoms with Gasteiger partial charge in [-0.15, -0.1) is 0 Å². The van der Waals surface area contributed by atoms with Gasteiger partial charge in [-0.2, -0.15) is 0 Å². The van der Waals surface area contributed by atoms with Crippen molar-refractivity contribution in [3.63, 3.8) is 0 Å². The molecule has 82 valence electrons. The molecule has 3 amide bonds. The first-order chi connectivity index (χ1) is 7.18. The summed E-state index contributed by atoms with van der Waals surface area (Å²) < 4.78 is 0. The molecule has 6 nitrogen and oxygen atoms in total. The maximum Gasteiger partial charge on any atom is 0.249 e. The lowest BCUT2D eigenvalue weighted by atomic mass is 10.0. The Hall–Kier alpha value is -1.43. The van der Waals surface area contributed by atoms with Gasteiger partial charge in [0.2, 0.25) is 17.7 Å². The molecule has 0 saturated carbocycles. The SMILES string of the molecule is O=C1CCC(N2CCNCC2=O)C(=O)N1. The van der Waals surface area contributed by atoms with Gasteiger partial charge in [-0.25, -0.2) is 0 Å². The molecule has 2 N–H and O–H groups in total. The Morgan fingerprint density at radius 2 is 2.07 bits per heavy atom. The lowest BCUT2D eigenvalue weighted by Gasteiger charge is -2.35. The second kappa shape index (κ2) is 3.98. The van der Waals surface area contributed by atoms with Crippen LogP contribution in [0.1, 0.15) is 12.8 Å². The van der Waals surface area contributed by atoms with Crippen LogP contribution < -0.4 is 10.6 Å². The van der Waals surface area contributed by atoms with E-state index in [9.17, 15) is 14.4 Å². The molecule has 0 aromatic rings. The zero-order valence-electron chi connectivity index (χ0n) is 8.28. The van der Waals surface area contributed by atoms with E-state index in [4.69, 9.17) is 0 Å². The van der Waals surface area contributed by atoms with Crippen molar-refractivity contribution in [3.8, 4) is 0 Å². The second-order valence-corrected chi connectivity index (χ2v) is 3.73. The van der Waals surface area contributed by atoms with Gasteiger partial charge in [-0.05, 0) is 6.42 Å². The van der Waals surface area contributed by atoms with Crippen LogP contribution in [0.15, 0.2) is 0 Å². The molecule has 1 atom stereocenters. The number of hydrogen-bond acceptors (Lipinski definition) is 4. The summed E-state index contributed by atoms with van der Waals surface area (Å²) in [4.78, 5) is 35.5. The van der Waals surface area contributed by atoms with Gasteiger partial charge in [0.1, 0.15) is 6.04 Å². The van der Waals surface area contributed by atoms with Crippen molar-refractivity contribution in [1.29, 1.82) is 0 Å². The average Bonchev–Trinajstić information content (AvgIpc) is 2.20. The molecule has 0 radical (unpaired) electrons. The minimum Gasteiger partial charge on any atom is -0.328 e. The Kier molecular flexibility index (Phi) is 2.68. The average molecular weight is 211 g/mol. The van der Waals surface area contributed by atoms with Crippen molar-refractivity contribution >= 4 is 17.7 Å². The van der Waals surface area contributed by atoms with E-state index in [1.807, 2.05) is 0 Å². The third-order valence-electron chi connectivity index (χ3n) is 2.71. The second-order valence-electron chi connectivity index (χ2n) is 3.73. The van der Waals surface area contributed by atoms with Crippen molar-refractivity contribution in [3.05, 3.63) is 0 Å². The van der Waals surface area contributed by atoms with E-state index in [1.54, 1.807) is 4.90 Å². The predicted molar refractivity (Wildman–Crippen MR) is 50.8 cm³/mol. The summed E-state index contributed by atoms with van der Waals surface area (Å²) >= 11 is 0. The van der Waals surface area contributed by atoms with Crippen molar-refractivity contribution in [1.82, 2.24) is 15.5 Å². The molecule has 2 rings (SSSR count). The van der Waals surface area contributed by atoms with Crippen molar-refractivity contribution in [2.75, 3.05) is 19.6 Å². The number of piperazine rings is 1. The normalized spacial score (nSPS) is 27.9. The van der Waals surface area contributed by atoms with Crippen molar-refractivity contribution in [2.24, 2.45) is 0 Å². The fourth-order valence-corrected chi connectivity index (χ4v) is 1.93. The highest BCUT2D eigenvalue weighted by Crippen LogP contribution is 2.13. The van der Waals surface area contributed by atoms with Crippen LogP contribution in [0.4, 0.5) is 0 Å². The zero-order chi connectivity index (χ0) is 10.8. The summed E-state index contributed by atoms with van der Waals surface area (Å²) in [5, 5.41) is 5.19. The lowest BCUT2D eigenvalue weighted by molar-refractivity contribution is -0.146. The van der Waals surface area contributed by atoms with Crippen LogP contribution in [-0.2, 0) is 14.4 Å². The molecular weight excluding hydrogens is 198 g/mol. The van der Waals surface area contributed by atoms with Crippen LogP contribution in [0.3, 0.4) is 0 Å². The van der Waals surface area contributed by atoms with Crippen LogP contribution in [0.5, 0.6) is 0 Å². The first kappa shape index (κ1) is 10.1. The van der Waals surface area contributed by atoms with E-state index in [1.165, 1.54) is 0 Å². The van der Waals surface area contributed by atoms with Gasteiger partial charge in [0.15, 0.2) is 0 Å². The third-order valence-corrected chi connectivity index (χ3v) is 2.71. The van der Waals surface area contributed by atoms with E-state index in [2.05, 4.69) is 10.6 Å². The van der Waals surface area contributed by atoms with Crippen molar-refractivity contribution in [2.45, 2.75) is 18.9 Å². The molecule has 0 aromatic heterocycles. The molecule has 2 fully saturated rings. The van der Waals surface area contributed by atoms with Crippen LogP contribution in [0, 0.1) is 0 Å². The summed E-state index contributed by atoms with van der Waals surface area (Å²) in [6.45, 7) is 1.51. The molecule has 15 heavy (non-hydrogen) atoms. The summed E-state index contributed by atoms with van der Waals surface area (Å²) in [6, 6.07) is -0.461. The van der Waals surface area contributed by atoms with Gasteiger partial charge in [-0.1, -0.05) is 0 Å². The van der Waals surface area contributed by atoms with E-state index in [0.717, 1.165) is 0 Å². The molecule has 2 saturated heterocycles. The first-order valence-corrected chi connectivity index (χ1v) is 5.02. The molecule has 2 aliphatic rings. The maximum atomic E-state index is 11.5. The standard InChI is InChI=1S/C9H13N3O3/c13-7-2-1-6(9(15)11-7)12-4-3-10-5-8(12)14/h6,10H,1-5H2,(H,11,13,15). The van der Waals surface area contributed by atoms with E-state index >= 15 is 0 Å². The maximum absolute atomic E-state index is 11.5. The summed E-state index contributed by atoms with van der Waals surface area (Å²) in [6.07, 6.45) is 0.754. The largest absolute Gasteiger partial charge is 0.328 e. The molecule has 1 unspecified atom stereocenters. The number of nitrogens with one attached hydrogen (secondary N) is 2. The van der Waals surface area contributed by atoms with Gasteiger partial charge >= 0.3 is 0 Å². The number of amides is 3. The minimum absolute atomic E-state index is 0.0734. The molecular formula is C9H13N3O3. The Morgan fingerprint density at radius 1 is 1.27 bits per heavy atom. The van der Waals surface area contributed by atoms with Gasteiger partial charge in [-0.3, -0.25) is 19.7 Å². The summed E-state index contributed by atoms with van der Waals surface area (Å²) in [5.41, 5.74) is 0. The molecule has 6 heteroatoms. The molecule has 2 heterocycles. The topological polar surface area (TPSA) is 78.5 Å². The van der Waals surface area contributed by atoms with Crippen LogP contribution in [0.2, 0.25) is 0 Å². The monoisotopic (exact) mass is 211 g/mol. The number of rotatable bonds is 1. The predicted octanol–water partition coefficient (Wildman–Crippen LogP) is -1.78. The highest BCUT2D eigenvalue weighted by molar-refractivity contribution is 6.01. The Labute approximate surface area is 87.0 Å². The zero-order valence-corrected chi connectivity index (χ0v) is 8.28. The number of nitrogens with zero attached hydrogens (tertiary/aromatic N) is 1. The minimum atomic E-state index is -0.461. The Balaban J connectivity index is 2.05. The van der Waals surface area contributed by atoms with Crippen molar-refractivity contribution < 1.29 is 14.4 Å². The smallest absolute Gasteiger partial charge is 0.249 e. The number of carbonyl (C=O) groups excluding carboxylic acids is 3. The fraction of sp³-hybridized carbons (Fsp3) is 0.667.